The summed E-state index contributed by atoms with van der Waals surface area (Å²) < 4.78 is 57.5. The summed E-state index contributed by atoms with van der Waals surface area (Å²) in [6, 6.07) is 54.8. The molecular weight excluding hydrogens is 631 g/mol. The van der Waals surface area contributed by atoms with Crippen LogP contribution in [0.5, 0.6) is 0 Å². The van der Waals surface area contributed by atoms with E-state index < -0.39 is 0 Å². The number of furan rings is 1. The molecule has 52 heavy (non-hydrogen) atoms. The summed E-state index contributed by atoms with van der Waals surface area (Å²) in [6.07, 6.45) is 0. The normalized spacial score (nSPS) is 13.1. The molecule has 0 N–H and O–H groups in total. The van der Waals surface area contributed by atoms with Crippen molar-refractivity contribution < 1.29 is 12.6 Å². The molecule has 0 aliphatic rings. The molecule has 1 heterocycles. The maximum Gasteiger partial charge on any atom is 0.136 e. The Kier molecular flexibility index (Phi) is 5.82. The Morgan fingerprint density at radius 3 is 1.63 bits per heavy atom. The number of anilines is 3. The maximum absolute atomic E-state index is 9.08. The lowest BCUT2D eigenvalue weighted by Gasteiger charge is -2.26. The van der Waals surface area contributed by atoms with Gasteiger partial charge in [-0.15, -0.1) is 0 Å². The molecule has 0 saturated carbocycles. The fourth-order valence-electron chi connectivity index (χ4n) is 7.15. The van der Waals surface area contributed by atoms with Gasteiger partial charge in [0.05, 0.1) is 8.22 Å². The van der Waals surface area contributed by atoms with Crippen LogP contribution in [0.15, 0.2) is 204 Å². The molecule has 0 aliphatic heterocycles. The number of para-hydroxylation sites is 2. The summed E-state index contributed by atoms with van der Waals surface area (Å²) >= 11 is 0. The molecule has 0 bridgehead atoms. The van der Waals surface area contributed by atoms with Crippen LogP contribution in [0.1, 0.15) is 8.22 Å². The highest BCUT2D eigenvalue weighted by Gasteiger charge is 2.14. The predicted molar refractivity (Wildman–Crippen MR) is 220 cm³/mol. The van der Waals surface area contributed by atoms with Crippen molar-refractivity contribution in [2.24, 2.45) is 0 Å². The zero-order chi connectivity index (χ0) is 39.7. The number of hydrogen-bond donors (Lipinski definition) is 0. The lowest BCUT2D eigenvalue weighted by Crippen LogP contribution is -2.09. The summed E-state index contributed by atoms with van der Waals surface area (Å²) in [4.78, 5) is 2.25. The third-order valence-corrected chi connectivity index (χ3v) is 9.80. The highest BCUT2D eigenvalue weighted by atomic mass is 16.3. The Bertz CT molecular complexity index is 3210. The summed E-state index contributed by atoms with van der Waals surface area (Å²) in [6.45, 7) is 0. The van der Waals surface area contributed by atoms with E-state index >= 15 is 0 Å². The van der Waals surface area contributed by atoms with Gasteiger partial charge in [0.1, 0.15) is 11.2 Å². The Balaban J connectivity index is 0.965. The summed E-state index contributed by atoms with van der Waals surface area (Å²) in [5.41, 5.74) is 9.42. The summed E-state index contributed by atoms with van der Waals surface area (Å²) in [5.74, 6) is 0. The molecule has 0 spiro atoms. The fraction of sp³-hybridized carbons (Fsp3) is 0. The van der Waals surface area contributed by atoms with Crippen molar-refractivity contribution in [3.8, 4) is 33.4 Å². The topological polar surface area (TPSA) is 16.4 Å². The first-order chi connectivity index (χ1) is 28.2. The van der Waals surface area contributed by atoms with Crippen molar-refractivity contribution in [3.63, 3.8) is 0 Å². The van der Waals surface area contributed by atoms with Gasteiger partial charge in [0.15, 0.2) is 0 Å². The molecule has 0 unspecified atom stereocenters. The van der Waals surface area contributed by atoms with E-state index in [0.717, 1.165) is 44.9 Å². The number of nitrogens with zero attached hydrogens (tertiary/aromatic N) is 1. The first kappa shape index (κ1) is 24.3. The number of rotatable bonds is 6. The van der Waals surface area contributed by atoms with Crippen molar-refractivity contribution in [2.75, 3.05) is 4.90 Å². The molecule has 0 fully saturated rings. The Morgan fingerprint density at radius 2 is 0.923 bits per heavy atom. The number of fused-ring (bicyclic) bond motifs is 6. The summed E-state index contributed by atoms with van der Waals surface area (Å²) in [5, 5.41) is 3.89. The van der Waals surface area contributed by atoms with E-state index in [1.807, 2.05) is 48.5 Å². The van der Waals surface area contributed by atoms with Crippen LogP contribution in [0, 0.1) is 0 Å². The van der Waals surface area contributed by atoms with Gasteiger partial charge >= 0.3 is 0 Å². The molecule has 0 atom stereocenters. The molecule has 10 aromatic rings. The van der Waals surface area contributed by atoms with Crippen LogP contribution < -0.4 is 4.90 Å². The van der Waals surface area contributed by atoms with Crippen molar-refractivity contribution in [1.82, 2.24) is 0 Å². The maximum atomic E-state index is 9.08. The van der Waals surface area contributed by atoms with Crippen LogP contribution in [0.3, 0.4) is 0 Å². The third kappa shape index (κ3) is 5.30. The van der Waals surface area contributed by atoms with Gasteiger partial charge in [-0.25, -0.2) is 0 Å². The van der Waals surface area contributed by atoms with Crippen molar-refractivity contribution in [3.05, 3.63) is 200 Å². The zero-order valence-electron chi connectivity index (χ0n) is 33.9. The van der Waals surface area contributed by atoms with Crippen LogP contribution in [-0.2, 0) is 0 Å². The monoisotopic (exact) mass is 669 g/mol. The molecule has 0 radical (unpaired) electrons. The molecule has 9 aromatic carbocycles. The minimum atomic E-state index is -0.251. The van der Waals surface area contributed by atoms with Gasteiger partial charge in [-0.1, -0.05) is 139 Å². The smallest absolute Gasteiger partial charge is 0.136 e. The minimum absolute atomic E-state index is 0.0808. The van der Waals surface area contributed by atoms with E-state index in [0.29, 0.717) is 16.2 Å². The largest absolute Gasteiger partial charge is 0.456 e. The number of hydrogen-bond acceptors (Lipinski definition) is 2. The Labute approximate surface area is 310 Å². The molecule has 244 valence electrons. The van der Waals surface area contributed by atoms with E-state index in [1.165, 1.54) is 22.4 Å². The molecule has 2 heteroatoms. The molecule has 0 amide bonds. The average Bonchev–Trinajstić information content (AvgIpc) is 3.64. The highest BCUT2D eigenvalue weighted by molar-refractivity contribution is 6.19. The van der Waals surface area contributed by atoms with Crippen LogP contribution in [0.4, 0.5) is 17.1 Å². The van der Waals surface area contributed by atoms with Gasteiger partial charge in [0.2, 0.25) is 0 Å². The van der Waals surface area contributed by atoms with Gasteiger partial charge in [0.25, 0.3) is 0 Å². The van der Waals surface area contributed by atoms with Gasteiger partial charge in [0, 0.05) is 27.8 Å². The lowest BCUT2D eigenvalue weighted by molar-refractivity contribution is 0.669. The second-order valence-corrected chi connectivity index (χ2v) is 12.9. The van der Waals surface area contributed by atoms with Crippen molar-refractivity contribution in [2.45, 2.75) is 0 Å². The van der Waals surface area contributed by atoms with Crippen molar-refractivity contribution >= 4 is 60.5 Å². The molecular formula is C50H33NO. The fourth-order valence-corrected chi connectivity index (χ4v) is 7.15. The number of benzene rings is 9. The van der Waals surface area contributed by atoms with Gasteiger partial charge < -0.3 is 9.32 Å². The summed E-state index contributed by atoms with van der Waals surface area (Å²) in [7, 11) is 0. The third-order valence-electron chi connectivity index (χ3n) is 9.80. The zero-order valence-corrected chi connectivity index (χ0v) is 27.9. The molecule has 0 aliphatic carbocycles. The second kappa shape index (κ2) is 12.5. The molecule has 1 aromatic heterocycles. The highest BCUT2D eigenvalue weighted by Crippen LogP contribution is 2.39. The van der Waals surface area contributed by atoms with E-state index in [4.69, 9.17) is 12.6 Å². The van der Waals surface area contributed by atoms with Crippen LogP contribution >= 0.6 is 0 Å². The van der Waals surface area contributed by atoms with E-state index in [2.05, 4.69) is 108 Å². The van der Waals surface area contributed by atoms with Crippen LogP contribution in [0.25, 0.3) is 76.9 Å². The first-order valence-electron chi connectivity index (χ1n) is 20.3. The van der Waals surface area contributed by atoms with Crippen molar-refractivity contribution in [1.29, 1.82) is 0 Å². The first-order valence-corrected chi connectivity index (χ1v) is 17.3. The van der Waals surface area contributed by atoms with E-state index in [1.54, 1.807) is 6.07 Å². The molecule has 2 nitrogen and oxygen atoms in total. The Morgan fingerprint density at radius 1 is 0.365 bits per heavy atom. The van der Waals surface area contributed by atoms with Crippen LogP contribution in [0.2, 0.25) is 0 Å². The average molecular weight is 670 g/mol. The second-order valence-electron chi connectivity index (χ2n) is 12.9. The van der Waals surface area contributed by atoms with Gasteiger partial charge in [-0.2, -0.15) is 0 Å². The predicted octanol–water partition coefficient (Wildman–Crippen LogP) is 14.4. The van der Waals surface area contributed by atoms with Crippen LogP contribution in [-0.4, -0.2) is 0 Å². The minimum Gasteiger partial charge on any atom is -0.456 e. The standard InChI is InChI=1S/C50H33NO/c1-2-10-43(11-3-1)51(45-28-22-38(23-29-45)40-19-18-34-8-4-5-9-39(34)32-40)44-26-20-36(21-27-44)35-14-16-37(17-15-35)41-24-30-46-42(33-41)25-31-49-50(46)47-12-6-7-13-48(47)52-49/h1-33H/i6D,7D,12D,25D,30D,31D. The quantitative estimate of drug-likeness (QED) is 0.175. The van der Waals surface area contributed by atoms with Gasteiger partial charge in [-0.3, -0.25) is 0 Å². The Hall–Kier alpha value is -6.90. The lowest BCUT2D eigenvalue weighted by atomic mass is 9.96. The van der Waals surface area contributed by atoms with E-state index in [-0.39, 0.29) is 52.8 Å². The molecule has 0 saturated heterocycles. The SMILES string of the molecule is [2H]c1cc2oc3c([2H])c([2H])c4cc(-c5ccc(-c6ccc(N(c7ccccc7)c7ccc(-c8ccc9ccccc9c8)cc7)cc6)cc5)cc([2H])c4c3c2c([2H])c1[2H]. The van der Waals surface area contributed by atoms with Gasteiger partial charge in [-0.05, 0) is 116 Å². The van der Waals surface area contributed by atoms with E-state index in [9.17, 15) is 0 Å². The molecule has 10 rings (SSSR count).